The van der Waals surface area contributed by atoms with E-state index in [1.165, 1.54) is 11.3 Å². The van der Waals surface area contributed by atoms with E-state index in [1.54, 1.807) is 11.8 Å². The molecule has 1 amide bonds. The maximum atomic E-state index is 12.7. The Balaban J connectivity index is 2.29. The maximum Gasteiger partial charge on any atom is 0.240 e. The van der Waals surface area contributed by atoms with Gasteiger partial charge in [0.25, 0.3) is 0 Å². The molecule has 2 aromatic rings. The first-order valence-corrected chi connectivity index (χ1v) is 12.4. The number of rotatable bonds is 10. The Kier molecular flexibility index (Phi) is 8.93. The number of nitrogens with zero attached hydrogens (tertiary/aromatic N) is 1. The summed E-state index contributed by atoms with van der Waals surface area (Å²) in [5.41, 5.74) is 5.48. The fourth-order valence-corrected chi connectivity index (χ4v) is 3.34. The molecular formula is C23H33N3OS2. The second-order valence-electron chi connectivity index (χ2n) is 7.65. The molecule has 4 nitrogen and oxygen atoms in total. The van der Waals surface area contributed by atoms with Crippen molar-refractivity contribution in [3.63, 3.8) is 0 Å². The minimum atomic E-state index is -0.468. The Bertz CT molecular complexity index is 804. The van der Waals surface area contributed by atoms with Crippen molar-refractivity contribution in [2.45, 2.75) is 25.1 Å². The number of carbonyl (C=O) groups is 1. The molecule has 0 aliphatic rings. The summed E-state index contributed by atoms with van der Waals surface area (Å²) in [4.78, 5) is 14.8. The average molecular weight is 432 g/mol. The first-order chi connectivity index (χ1) is 13.8. The number of benzene rings is 2. The molecule has 0 saturated carbocycles. The van der Waals surface area contributed by atoms with E-state index < -0.39 is 4.75 Å². The topological polar surface area (TPSA) is 44.4 Å². The van der Waals surface area contributed by atoms with Crippen molar-refractivity contribution in [1.82, 2.24) is 5.32 Å². The first kappa shape index (κ1) is 23.6. The summed E-state index contributed by atoms with van der Waals surface area (Å²) in [6.45, 7) is 5.56. The second-order valence-corrected chi connectivity index (χ2v) is 10.1. The number of nitrogens with one attached hydrogen (secondary N) is 2. The molecule has 0 spiro atoms. The molecule has 2 rings (SSSR count). The van der Waals surface area contributed by atoms with Crippen LogP contribution in [0.15, 0.2) is 42.5 Å². The summed E-state index contributed by atoms with van der Waals surface area (Å²) >= 11 is 3.38. The van der Waals surface area contributed by atoms with Gasteiger partial charge in [-0.25, -0.2) is 0 Å². The van der Waals surface area contributed by atoms with Crippen LogP contribution in [0.3, 0.4) is 0 Å². The van der Waals surface area contributed by atoms with Gasteiger partial charge in [-0.3, -0.25) is 4.79 Å². The van der Waals surface area contributed by atoms with Gasteiger partial charge in [0.2, 0.25) is 5.91 Å². The van der Waals surface area contributed by atoms with Gasteiger partial charge in [0, 0.05) is 44.3 Å². The standard InChI is InChI=1S/C23H33N3OS2/c1-23(2,29-6)22(27)25-21-12-9-18(15-19(21)16-24-13-14-28-5)17-7-10-20(11-8-17)26(3)4/h7-12,15,24H,13-14,16H2,1-6H3,(H,25,27). The zero-order chi connectivity index (χ0) is 21.4. The number of amides is 1. The van der Waals surface area contributed by atoms with Crippen LogP contribution in [0, 0.1) is 0 Å². The third kappa shape index (κ3) is 6.69. The molecule has 6 heteroatoms. The van der Waals surface area contributed by atoms with Gasteiger partial charge in [-0.2, -0.15) is 11.8 Å². The molecule has 158 valence electrons. The zero-order valence-corrected chi connectivity index (χ0v) is 20.0. The predicted molar refractivity (Wildman–Crippen MR) is 133 cm³/mol. The quantitative estimate of drug-likeness (QED) is 0.521. The van der Waals surface area contributed by atoms with Gasteiger partial charge >= 0.3 is 0 Å². The highest BCUT2D eigenvalue weighted by molar-refractivity contribution is 8.00. The Morgan fingerprint density at radius 1 is 1.03 bits per heavy atom. The van der Waals surface area contributed by atoms with Crippen LogP contribution in [0.4, 0.5) is 11.4 Å². The zero-order valence-electron chi connectivity index (χ0n) is 18.3. The van der Waals surface area contributed by atoms with Crippen LogP contribution >= 0.6 is 23.5 Å². The van der Waals surface area contributed by atoms with Crippen molar-refractivity contribution in [2.24, 2.45) is 0 Å². The van der Waals surface area contributed by atoms with E-state index in [9.17, 15) is 4.79 Å². The van der Waals surface area contributed by atoms with Crippen LogP contribution in [0.5, 0.6) is 0 Å². The predicted octanol–water partition coefficient (Wildman–Crippen LogP) is 4.95. The third-order valence-corrected chi connectivity index (χ3v) is 6.74. The van der Waals surface area contributed by atoms with E-state index >= 15 is 0 Å². The van der Waals surface area contributed by atoms with Crippen LogP contribution in [0.2, 0.25) is 0 Å². The lowest BCUT2D eigenvalue weighted by atomic mass is 10.0. The molecule has 29 heavy (non-hydrogen) atoms. The minimum Gasteiger partial charge on any atom is -0.378 e. The van der Waals surface area contributed by atoms with E-state index in [0.29, 0.717) is 0 Å². The van der Waals surface area contributed by atoms with E-state index in [4.69, 9.17) is 0 Å². The maximum absolute atomic E-state index is 12.7. The molecule has 2 aromatic carbocycles. The molecule has 0 unspecified atom stereocenters. The molecule has 2 N–H and O–H groups in total. The SMILES string of the molecule is CSCCNCc1cc(-c2ccc(N(C)C)cc2)ccc1NC(=O)C(C)(C)SC. The van der Waals surface area contributed by atoms with Gasteiger partial charge in [0.1, 0.15) is 0 Å². The normalized spacial score (nSPS) is 11.4. The Labute approximate surface area is 184 Å². The lowest BCUT2D eigenvalue weighted by Crippen LogP contribution is -2.34. The van der Waals surface area contributed by atoms with E-state index in [2.05, 4.69) is 58.2 Å². The summed E-state index contributed by atoms with van der Waals surface area (Å²) < 4.78 is -0.468. The fourth-order valence-electron chi connectivity index (χ4n) is 2.76. The molecular weight excluding hydrogens is 398 g/mol. The van der Waals surface area contributed by atoms with Crippen molar-refractivity contribution < 1.29 is 4.79 Å². The number of carbonyl (C=O) groups excluding carboxylic acids is 1. The lowest BCUT2D eigenvalue weighted by molar-refractivity contribution is -0.117. The van der Waals surface area contributed by atoms with Gasteiger partial charge in [0.15, 0.2) is 0 Å². The Morgan fingerprint density at radius 2 is 1.69 bits per heavy atom. The fraction of sp³-hybridized carbons (Fsp3) is 0.435. The number of hydrogen-bond donors (Lipinski definition) is 2. The average Bonchev–Trinajstić information content (AvgIpc) is 2.72. The molecule has 0 fully saturated rings. The summed E-state index contributed by atoms with van der Waals surface area (Å²) in [6.07, 6.45) is 4.07. The van der Waals surface area contributed by atoms with Gasteiger partial charge in [-0.05, 0) is 67.3 Å². The van der Waals surface area contributed by atoms with Crippen LogP contribution in [-0.4, -0.2) is 49.6 Å². The highest BCUT2D eigenvalue weighted by atomic mass is 32.2. The van der Waals surface area contributed by atoms with Gasteiger partial charge in [0.05, 0.1) is 4.75 Å². The van der Waals surface area contributed by atoms with E-state index in [1.807, 2.05) is 52.0 Å². The molecule has 0 aromatic heterocycles. The summed E-state index contributed by atoms with van der Waals surface area (Å²) in [7, 11) is 4.09. The second kappa shape index (κ2) is 11.0. The van der Waals surface area contributed by atoms with Crippen LogP contribution < -0.4 is 15.5 Å². The van der Waals surface area contributed by atoms with Crippen molar-refractivity contribution in [2.75, 3.05) is 49.1 Å². The van der Waals surface area contributed by atoms with Gasteiger partial charge in [-0.15, -0.1) is 11.8 Å². The molecule has 0 bridgehead atoms. The molecule has 0 aliphatic heterocycles. The monoisotopic (exact) mass is 431 g/mol. The molecule has 0 atom stereocenters. The van der Waals surface area contributed by atoms with Gasteiger partial charge < -0.3 is 15.5 Å². The molecule has 0 radical (unpaired) electrons. The Morgan fingerprint density at radius 3 is 2.28 bits per heavy atom. The Hall–Kier alpha value is -1.63. The lowest BCUT2D eigenvalue weighted by Gasteiger charge is -2.22. The molecule has 0 saturated heterocycles. The third-order valence-electron chi connectivity index (χ3n) is 4.93. The summed E-state index contributed by atoms with van der Waals surface area (Å²) in [5.74, 6) is 1.09. The van der Waals surface area contributed by atoms with Crippen molar-refractivity contribution in [3.05, 3.63) is 48.0 Å². The highest BCUT2D eigenvalue weighted by Crippen LogP contribution is 2.29. The summed E-state index contributed by atoms with van der Waals surface area (Å²) in [5, 5.41) is 6.62. The van der Waals surface area contributed by atoms with Crippen LogP contribution in [0.25, 0.3) is 11.1 Å². The highest BCUT2D eigenvalue weighted by Gasteiger charge is 2.26. The van der Waals surface area contributed by atoms with Crippen molar-refractivity contribution >= 4 is 40.8 Å². The van der Waals surface area contributed by atoms with E-state index in [0.717, 1.165) is 35.7 Å². The van der Waals surface area contributed by atoms with Crippen LogP contribution in [-0.2, 0) is 11.3 Å². The van der Waals surface area contributed by atoms with E-state index in [-0.39, 0.29) is 5.91 Å². The number of hydrogen-bond acceptors (Lipinski definition) is 5. The minimum absolute atomic E-state index is 0.0263. The summed E-state index contributed by atoms with van der Waals surface area (Å²) in [6, 6.07) is 14.8. The number of thioether (sulfide) groups is 2. The molecule has 0 aliphatic carbocycles. The largest absolute Gasteiger partial charge is 0.378 e. The number of anilines is 2. The smallest absolute Gasteiger partial charge is 0.240 e. The first-order valence-electron chi connectivity index (χ1n) is 9.75. The van der Waals surface area contributed by atoms with Crippen LogP contribution in [0.1, 0.15) is 19.4 Å². The van der Waals surface area contributed by atoms with Crippen molar-refractivity contribution in [1.29, 1.82) is 0 Å². The van der Waals surface area contributed by atoms with Crippen molar-refractivity contribution in [3.8, 4) is 11.1 Å². The van der Waals surface area contributed by atoms with Gasteiger partial charge in [-0.1, -0.05) is 18.2 Å². The molecule has 0 heterocycles.